The van der Waals surface area contributed by atoms with Crippen LogP contribution in [0, 0.1) is 45.3 Å². The molecule has 0 saturated heterocycles. The Morgan fingerprint density at radius 2 is 1.41 bits per heavy atom. The SMILES string of the molecule is CO[C@H]1C=C2[C@@H](CC[C@H](OC(=O)/C=C/c3ccccc3)C2(C)C)[C@]2(C)CC[C@]3(C)[C@@H]([C@H](C)C[C@H](C=C(C)C)OC(=O)/C=C/c4ccccc4)CC[C@@]3(C)[C@H]12. The molecule has 54 heavy (non-hydrogen) atoms. The Kier molecular flexibility index (Phi) is 11.7. The quantitative estimate of drug-likeness (QED) is 0.131. The van der Waals surface area contributed by atoms with E-state index >= 15 is 0 Å². The summed E-state index contributed by atoms with van der Waals surface area (Å²) in [5.74, 6) is 1.10. The third kappa shape index (κ3) is 7.59. The number of allylic oxidation sites excluding steroid dienone is 1. The molecule has 0 bridgehead atoms. The van der Waals surface area contributed by atoms with Crippen molar-refractivity contribution in [2.75, 3.05) is 7.11 Å². The van der Waals surface area contributed by atoms with Gasteiger partial charge in [-0.2, -0.15) is 0 Å². The van der Waals surface area contributed by atoms with Crippen LogP contribution in [0.15, 0.2) is 96.1 Å². The predicted octanol–water partition coefficient (Wildman–Crippen LogP) is 11.5. The molecule has 2 aromatic carbocycles. The first-order valence-electron chi connectivity index (χ1n) is 20.4. The number of carbonyl (C=O) groups is 2. The zero-order valence-electron chi connectivity index (χ0n) is 34.3. The zero-order valence-corrected chi connectivity index (χ0v) is 34.3. The monoisotopic (exact) mass is 732 g/mol. The van der Waals surface area contributed by atoms with Crippen molar-refractivity contribution in [3.8, 4) is 0 Å². The Morgan fingerprint density at radius 3 is 2.00 bits per heavy atom. The molecule has 0 amide bonds. The van der Waals surface area contributed by atoms with Crippen molar-refractivity contribution in [1.29, 1.82) is 0 Å². The molecule has 0 aliphatic heterocycles. The van der Waals surface area contributed by atoms with Gasteiger partial charge in [0.05, 0.1) is 6.10 Å². The Hall–Kier alpha value is -3.70. The Balaban J connectivity index is 1.20. The number of hydrogen-bond acceptors (Lipinski definition) is 5. The maximum absolute atomic E-state index is 13.1. The van der Waals surface area contributed by atoms with E-state index in [-0.39, 0.29) is 51.9 Å². The van der Waals surface area contributed by atoms with Crippen molar-refractivity contribution < 1.29 is 23.8 Å². The van der Waals surface area contributed by atoms with E-state index in [1.165, 1.54) is 24.8 Å². The van der Waals surface area contributed by atoms with E-state index in [9.17, 15) is 9.59 Å². The number of ether oxygens (including phenoxy) is 3. The maximum Gasteiger partial charge on any atom is 0.331 e. The van der Waals surface area contributed by atoms with E-state index in [1.54, 1.807) is 12.2 Å². The zero-order chi connectivity index (χ0) is 38.9. The number of esters is 2. The van der Waals surface area contributed by atoms with Crippen molar-refractivity contribution in [3.63, 3.8) is 0 Å². The highest BCUT2D eigenvalue weighted by molar-refractivity contribution is 5.87. The Morgan fingerprint density at radius 1 is 0.796 bits per heavy atom. The van der Waals surface area contributed by atoms with Crippen LogP contribution in [0.2, 0.25) is 0 Å². The van der Waals surface area contributed by atoms with Crippen molar-refractivity contribution in [2.24, 2.45) is 45.3 Å². The summed E-state index contributed by atoms with van der Waals surface area (Å²) in [4.78, 5) is 26.1. The van der Waals surface area contributed by atoms with Crippen molar-refractivity contribution in [2.45, 2.75) is 119 Å². The summed E-state index contributed by atoms with van der Waals surface area (Å²) >= 11 is 0. The lowest BCUT2D eigenvalue weighted by Crippen LogP contribution is -2.63. The molecule has 6 rings (SSSR count). The number of benzene rings is 2. The summed E-state index contributed by atoms with van der Waals surface area (Å²) in [6.45, 7) is 18.8. The van der Waals surface area contributed by atoms with Crippen LogP contribution in [0.3, 0.4) is 0 Å². The fourth-order valence-electron chi connectivity index (χ4n) is 12.0. The van der Waals surface area contributed by atoms with E-state index in [2.05, 4.69) is 67.5 Å². The molecule has 0 radical (unpaired) electrons. The van der Waals surface area contributed by atoms with E-state index in [0.717, 1.165) is 42.4 Å². The first kappa shape index (κ1) is 40.0. The van der Waals surface area contributed by atoms with Crippen molar-refractivity contribution in [1.82, 2.24) is 0 Å². The smallest absolute Gasteiger partial charge is 0.331 e. The van der Waals surface area contributed by atoms with E-state index in [0.29, 0.717) is 23.7 Å². The van der Waals surface area contributed by atoms with Gasteiger partial charge in [-0.15, -0.1) is 0 Å². The second-order valence-electron chi connectivity index (χ2n) is 18.5. The van der Waals surface area contributed by atoms with E-state index in [4.69, 9.17) is 14.2 Å². The molecular formula is C49H64O5. The van der Waals surface area contributed by atoms with E-state index in [1.807, 2.05) is 79.9 Å². The summed E-state index contributed by atoms with van der Waals surface area (Å²) in [5, 5.41) is 0. The van der Waals surface area contributed by atoms with Gasteiger partial charge in [-0.05, 0) is 122 Å². The topological polar surface area (TPSA) is 61.8 Å². The minimum atomic E-state index is -0.300. The predicted molar refractivity (Wildman–Crippen MR) is 219 cm³/mol. The van der Waals surface area contributed by atoms with E-state index < -0.39 is 0 Å². The molecule has 4 aliphatic carbocycles. The fourth-order valence-corrected chi connectivity index (χ4v) is 12.0. The van der Waals surface area contributed by atoms with Gasteiger partial charge in [0.25, 0.3) is 0 Å². The molecule has 5 heteroatoms. The van der Waals surface area contributed by atoms with Gasteiger partial charge in [-0.1, -0.05) is 119 Å². The molecule has 290 valence electrons. The molecule has 0 heterocycles. The summed E-state index contributed by atoms with van der Waals surface area (Å²) in [5.41, 5.74) is 4.51. The molecule has 3 fully saturated rings. The Labute approximate surface area is 325 Å². The van der Waals surface area contributed by atoms with Gasteiger partial charge in [0.1, 0.15) is 12.2 Å². The van der Waals surface area contributed by atoms with Crippen molar-refractivity contribution in [3.05, 3.63) is 107 Å². The lowest BCUT2D eigenvalue weighted by Gasteiger charge is -2.67. The van der Waals surface area contributed by atoms with Gasteiger partial charge >= 0.3 is 11.9 Å². The lowest BCUT2D eigenvalue weighted by molar-refractivity contribution is -0.186. The molecule has 0 N–H and O–H groups in total. The molecule has 0 unspecified atom stereocenters. The molecule has 3 saturated carbocycles. The van der Waals surface area contributed by atoms with Crippen LogP contribution >= 0.6 is 0 Å². The highest BCUT2D eigenvalue weighted by Gasteiger charge is 2.69. The number of hydrogen-bond donors (Lipinski definition) is 0. The first-order chi connectivity index (χ1) is 25.6. The van der Waals surface area contributed by atoms with Crippen molar-refractivity contribution >= 4 is 24.1 Å². The van der Waals surface area contributed by atoms with Crippen LogP contribution in [0.25, 0.3) is 12.2 Å². The average molecular weight is 733 g/mol. The van der Waals surface area contributed by atoms with Gasteiger partial charge in [0.2, 0.25) is 0 Å². The number of methoxy groups -OCH3 is 1. The highest BCUT2D eigenvalue weighted by atomic mass is 16.5. The number of fused-ring (bicyclic) bond motifs is 5. The van der Waals surface area contributed by atoms with Gasteiger partial charge in [-0.3, -0.25) is 0 Å². The first-order valence-corrected chi connectivity index (χ1v) is 20.4. The molecule has 4 aliphatic rings. The second kappa shape index (κ2) is 15.8. The fraction of sp³-hybridized carbons (Fsp3) is 0.551. The average Bonchev–Trinajstić information content (AvgIpc) is 3.41. The summed E-state index contributed by atoms with van der Waals surface area (Å²) in [6.07, 6.45) is 18.2. The molecule has 10 atom stereocenters. The molecule has 2 aromatic rings. The van der Waals surface area contributed by atoms with Gasteiger partial charge < -0.3 is 14.2 Å². The molecule has 0 spiro atoms. The van der Waals surface area contributed by atoms with Crippen LogP contribution in [-0.2, 0) is 23.8 Å². The minimum absolute atomic E-state index is 0.0117. The lowest BCUT2D eigenvalue weighted by atomic mass is 9.38. The third-order valence-corrected chi connectivity index (χ3v) is 14.8. The summed E-state index contributed by atoms with van der Waals surface area (Å²) in [7, 11) is 1.89. The summed E-state index contributed by atoms with van der Waals surface area (Å²) < 4.78 is 18.9. The Bertz CT molecular complexity index is 1770. The minimum Gasteiger partial charge on any atom is -0.458 e. The van der Waals surface area contributed by atoms with Crippen LogP contribution in [-0.4, -0.2) is 37.4 Å². The van der Waals surface area contributed by atoms with Crippen LogP contribution in [0.1, 0.15) is 111 Å². The standard InChI is InChI=1S/C49H64O5/c1-33(2)30-37(53-43(50)24-20-35-16-12-10-13-17-35)31-34(3)38-26-27-49(8)45-41(52-9)32-40-39(47(45,6)28-29-48(38,49)7)22-23-42(46(40,4)5)54-44(51)25-21-36-18-14-11-15-19-36/h10-21,24-25,30,32,34,37-39,41-42,45H,22-23,26-29,31H2,1-9H3/b24-20+,25-21+/t34-,37+,38-,39-,41+,42+,45-,47+,48-,49+/m1/s1. The van der Waals surface area contributed by atoms with Crippen LogP contribution < -0.4 is 0 Å². The molecule has 0 aromatic heterocycles. The normalized spacial score (nSPS) is 33.9. The van der Waals surface area contributed by atoms with Gasteiger partial charge in [0.15, 0.2) is 0 Å². The third-order valence-electron chi connectivity index (χ3n) is 14.8. The largest absolute Gasteiger partial charge is 0.458 e. The summed E-state index contributed by atoms with van der Waals surface area (Å²) in [6, 6.07) is 19.8. The molecule has 5 nitrogen and oxygen atoms in total. The number of rotatable bonds is 11. The second-order valence-corrected chi connectivity index (χ2v) is 18.5. The van der Waals surface area contributed by atoms with Crippen LogP contribution in [0.4, 0.5) is 0 Å². The highest BCUT2D eigenvalue weighted by Crippen LogP contribution is 2.75. The number of carbonyl (C=O) groups excluding carboxylic acids is 2. The van der Waals surface area contributed by atoms with Crippen LogP contribution in [0.5, 0.6) is 0 Å². The molecular weight excluding hydrogens is 669 g/mol. The van der Waals surface area contributed by atoms with Gasteiger partial charge in [0, 0.05) is 30.6 Å². The van der Waals surface area contributed by atoms with Gasteiger partial charge in [-0.25, -0.2) is 9.59 Å². The maximum atomic E-state index is 13.1.